The molecule has 2 aromatic carbocycles. The number of ether oxygens (including phenoxy) is 2. The summed E-state index contributed by atoms with van der Waals surface area (Å²) in [6, 6.07) is 21.2. The number of carbonyl (C=O) groups excluding carboxylic acids is 1. The molecule has 3 rings (SSSR count). The highest BCUT2D eigenvalue weighted by Crippen LogP contribution is 2.37. The standard InChI is InChI=1S/C26H32F2N2O4Si/c1-5-32-25(31)21-18-23(30-29-21)34-22(24(27)28)16-17-33-35(26(2,3)4,19-12-8-6-9-13-19)20-14-10-7-11-15-20/h6-15,18,22,24H,5,16-17H2,1-4H3,(H,29,30). The molecule has 0 aliphatic carbocycles. The zero-order chi connectivity index (χ0) is 25.5. The first-order chi connectivity index (χ1) is 16.7. The maximum atomic E-state index is 13.9. The maximum absolute atomic E-state index is 13.9. The number of rotatable bonds is 11. The number of halogens is 2. The summed E-state index contributed by atoms with van der Waals surface area (Å²) in [6.45, 7) is 8.30. The molecule has 1 heterocycles. The lowest BCUT2D eigenvalue weighted by molar-refractivity contribution is -0.00233. The molecule has 9 heteroatoms. The van der Waals surface area contributed by atoms with Crippen molar-refractivity contribution in [1.29, 1.82) is 0 Å². The third kappa shape index (κ3) is 6.15. The van der Waals surface area contributed by atoms with Crippen molar-refractivity contribution < 1.29 is 27.5 Å². The van der Waals surface area contributed by atoms with Gasteiger partial charge in [-0.05, 0) is 22.3 Å². The first-order valence-electron chi connectivity index (χ1n) is 11.6. The summed E-state index contributed by atoms with van der Waals surface area (Å²) in [6.07, 6.45) is -4.24. The highest BCUT2D eigenvalue weighted by molar-refractivity contribution is 6.99. The van der Waals surface area contributed by atoms with E-state index >= 15 is 0 Å². The molecule has 0 fully saturated rings. The molecule has 0 amide bonds. The minimum absolute atomic E-state index is 0.0243. The summed E-state index contributed by atoms with van der Waals surface area (Å²) < 4.78 is 44.8. The molecule has 6 nitrogen and oxygen atoms in total. The Morgan fingerprint density at radius 1 is 1.03 bits per heavy atom. The Bertz CT molecular complexity index is 1030. The summed E-state index contributed by atoms with van der Waals surface area (Å²) >= 11 is 0. The first-order valence-corrected chi connectivity index (χ1v) is 13.5. The Morgan fingerprint density at radius 2 is 1.60 bits per heavy atom. The van der Waals surface area contributed by atoms with Gasteiger partial charge in [0.1, 0.15) is 0 Å². The van der Waals surface area contributed by atoms with Gasteiger partial charge in [0.15, 0.2) is 11.8 Å². The maximum Gasteiger partial charge on any atom is 0.358 e. The van der Waals surface area contributed by atoms with Gasteiger partial charge in [0.05, 0.1) is 6.61 Å². The Labute approximate surface area is 205 Å². The van der Waals surface area contributed by atoms with Crippen LogP contribution in [0.15, 0.2) is 66.7 Å². The fourth-order valence-electron chi connectivity index (χ4n) is 4.16. The van der Waals surface area contributed by atoms with Crippen LogP contribution in [-0.4, -0.2) is 50.2 Å². The minimum atomic E-state index is -2.84. The average Bonchev–Trinajstić information content (AvgIpc) is 3.30. The van der Waals surface area contributed by atoms with Gasteiger partial charge in [-0.2, -0.15) is 5.10 Å². The number of hydrogen-bond acceptors (Lipinski definition) is 5. The van der Waals surface area contributed by atoms with Gasteiger partial charge in [0.25, 0.3) is 14.7 Å². The number of aromatic nitrogens is 2. The van der Waals surface area contributed by atoms with Crippen molar-refractivity contribution in [3.05, 3.63) is 72.4 Å². The van der Waals surface area contributed by atoms with E-state index in [1.54, 1.807) is 6.92 Å². The van der Waals surface area contributed by atoms with Crippen LogP contribution in [0.4, 0.5) is 8.78 Å². The van der Waals surface area contributed by atoms with Crippen LogP contribution in [0.5, 0.6) is 5.88 Å². The van der Waals surface area contributed by atoms with Crippen LogP contribution in [-0.2, 0) is 9.16 Å². The average molecular weight is 503 g/mol. The molecule has 0 aliphatic rings. The van der Waals surface area contributed by atoms with Crippen LogP contribution in [0.2, 0.25) is 5.04 Å². The van der Waals surface area contributed by atoms with E-state index in [9.17, 15) is 13.6 Å². The highest BCUT2D eigenvalue weighted by atomic mass is 28.4. The molecule has 3 aromatic rings. The summed E-state index contributed by atoms with van der Waals surface area (Å²) in [5, 5.41) is 8.13. The van der Waals surface area contributed by atoms with Crippen molar-refractivity contribution in [2.24, 2.45) is 0 Å². The fourth-order valence-corrected chi connectivity index (χ4v) is 8.74. The van der Waals surface area contributed by atoms with Crippen LogP contribution in [0.1, 0.15) is 44.6 Å². The molecular formula is C26H32F2N2O4Si. The predicted molar refractivity (Wildman–Crippen MR) is 133 cm³/mol. The third-order valence-electron chi connectivity index (χ3n) is 5.74. The van der Waals surface area contributed by atoms with Crippen molar-refractivity contribution in [3.8, 4) is 5.88 Å². The van der Waals surface area contributed by atoms with E-state index in [1.807, 2.05) is 60.7 Å². The molecule has 35 heavy (non-hydrogen) atoms. The van der Waals surface area contributed by atoms with Gasteiger partial charge < -0.3 is 13.9 Å². The first kappa shape index (κ1) is 26.6. The Kier molecular flexibility index (Phi) is 8.80. The Balaban J connectivity index is 1.82. The van der Waals surface area contributed by atoms with Gasteiger partial charge in [0, 0.05) is 19.1 Å². The summed E-state index contributed by atoms with van der Waals surface area (Å²) in [5.74, 6) is -0.675. The molecule has 0 bridgehead atoms. The lowest BCUT2D eigenvalue weighted by atomic mass is 10.2. The largest absolute Gasteiger partial charge is 0.468 e. The van der Waals surface area contributed by atoms with E-state index in [-0.39, 0.29) is 36.2 Å². The van der Waals surface area contributed by atoms with Gasteiger partial charge in [-0.1, -0.05) is 81.4 Å². The molecule has 1 unspecified atom stereocenters. The smallest absolute Gasteiger partial charge is 0.358 e. The number of aromatic amines is 1. The molecule has 0 radical (unpaired) electrons. The van der Waals surface area contributed by atoms with E-state index in [2.05, 4.69) is 31.0 Å². The fraction of sp³-hybridized carbons (Fsp3) is 0.385. The van der Waals surface area contributed by atoms with Crippen LogP contribution in [0.25, 0.3) is 0 Å². The number of alkyl halides is 2. The SMILES string of the molecule is CCOC(=O)c1cc(OC(CCO[Si](c2ccccc2)(c2ccccc2)C(C)(C)C)C(F)F)[nH]n1. The summed E-state index contributed by atoms with van der Waals surface area (Å²) in [7, 11) is -2.84. The molecule has 0 spiro atoms. The lowest BCUT2D eigenvalue weighted by Gasteiger charge is -2.43. The topological polar surface area (TPSA) is 73.4 Å². The van der Waals surface area contributed by atoms with Gasteiger partial charge >= 0.3 is 5.97 Å². The van der Waals surface area contributed by atoms with Crippen molar-refractivity contribution in [1.82, 2.24) is 10.2 Å². The number of nitrogens with zero attached hydrogens (tertiary/aromatic N) is 1. The minimum Gasteiger partial charge on any atom is -0.468 e. The number of carbonyl (C=O) groups is 1. The number of esters is 1. The molecule has 0 saturated heterocycles. The molecule has 1 aromatic heterocycles. The van der Waals surface area contributed by atoms with Gasteiger partial charge in [0.2, 0.25) is 5.88 Å². The Hall–Kier alpha value is -3.04. The zero-order valence-corrected chi connectivity index (χ0v) is 21.5. The van der Waals surface area contributed by atoms with Crippen molar-refractivity contribution in [2.75, 3.05) is 13.2 Å². The van der Waals surface area contributed by atoms with Gasteiger partial charge in [-0.25, -0.2) is 18.7 Å². The number of benzene rings is 2. The molecule has 188 valence electrons. The molecule has 0 aliphatic heterocycles. The molecule has 1 N–H and O–H groups in total. The number of hydrogen-bond donors (Lipinski definition) is 1. The normalized spacial score (nSPS) is 13.0. The van der Waals surface area contributed by atoms with Crippen LogP contribution < -0.4 is 15.1 Å². The zero-order valence-electron chi connectivity index (χ0n) is 20.5. The highest BCUT2D eigenvalue weighted by Gasteiger charge is 2.50. The van der Waals surface area contributed by atoms with E-state index in [0.717, 1.165) is 10.4 Å². The van der Waals surface area contributed by atoms with Gasteiger partial charge in [-0.15, -0.1) is 0 Å². The second-order valence-corrected chi connectivity index (χ2v) is 13.4. The molecule has 0 saturated carbocycles. The second kappa shape index (κ2) is 11.6. The third-order valence-corrected chi connectivity index (χ3v) is 10.8. The number of nitrogens with one attached hydrogen (secondary N) is 1. The van der Waals surface area contributed by atoms with E-state index in [0.29, 0.717) is 0 Å². The Morgan fingerprint density at radius 3 is 2.09 bits per heavy atom. The second-order valence-electron chi connectivity index (χ2n) is 9.13. The summed E-state index contributed by atoms with van der Waals surface area (Å²) in [4.78, 5) is 11.8. The van der Waals surface area contributed by atoms with Crippen molar-refractivity contribution >= 4 is 24.7 Å². The van der Waals surface area contributed by atoms with Crippen molar-refractivity contribution in [3.63, 3.8) is 0 Å². The molecule has 1 atom stereocenters. The number of H-pyrrole nitrogens is 1. The van der Waals surface area contributed by atoms with Crippen LogP contribution >= 0.6 is 0 Å². The van der Waals surface area contributed by atoms with E-state index in [4.69, 9.17) is 13.9 Å². The predicted octanol–water partition coefficient (Wildman–Crippen LogP) is 4.57. The van der Waals surface area contributed by atoms with Crippen LogP contribution in [0.3, 0.4) is 0 Å². The summed E-state index contributed by atoms with van der Waals surface area (Å²) in [5.41, 5.74) is -0.0292. The quantitative estimate of drug-likeness (QED) is 0.307. The molecular weight excluding hydrogens is 470 g/mol. The van der Waals surface area contributed by atoms with Crippen LogP contribution in [0, 0.1) is 0 Å². The lowest BCUT2D eigenvalue weighted by Crippen LogP contribution is -2.66. The van der Waals surface area contributed by atoms with E-state index in [1.165, 1.54) is 6.07 Å². The monoisotopic (exact) mass is 502 g/mol. The van der Waals surface area contributed by atoms with Crippen molar-refractivity contribution in [2.45, 2.75) is 51.7 Å². The van der Waals surface area contributed by atoms with E-state index < -0.39 is 26.8 Å². The van der Waals surface area contributed by atoms with Gasteiger partial charge in [-0.3, -0.25) is 0 Å².